The maximum Gasteiger partial charge on any atom is 0.324 e. The van der Waals surface area contributed by atoms with Crippen molar-refractivity contribution in [1.29, 1.82) is 0 Å². The normalized spacial score (nSPS) is 16.5. The van der Waals surface area contributed by atoms with Gasteiger partial charge in [0, 0.05) is 38.5 Å². The van der Waals surface area contributed by atoms with E-state index in [0.29, 0.717) is 4.88 Å². The first-order valence-corrected chi connectivity index (χ1v) is 13.5. The van der Waals surface area contributed by atoms with E-state index in [9.17, 15) is 14.9 Å². The lowest BCUT2D eigenvalue weighted by molar-refractivity contribution is -0.380. The second kappa shape index (κ2) is 8.63. The van der Waals surface area contributed by atoms with E-state index in [4.69, 9.17) is 4.98 Å². The standard InChI is InChI=1S/C25H24N4O3S3/c1-24(2)13-15-20(22-26-16-7-5-6-8-17(16)34-22)23(35-21(15)25(3,4)28-24)27-18(30)11-9-14-10-12-19(33-14)29(31)32/h5-12,28H,13H2,1-4H3,(H,27,30)/b11-9+. The van der Waals surface area contributed by atoms with Crippen molar-refractivity contribution in [3.05, 3.63) is 67.9 Å². The largest absolute Gasteiger partial charge is 0.324 e. The Hall–Kier alpha value is -2.92. The summed E-state index contributed by atoms with van der Waals surface area (Å²) in [5, 5.41) is 19.5. The lowest BCUT2D eigenvalue weighted by Crippen LogP contribution is -2.54. The van der Waals surface area contributed by atoms with Gasteiger partial charge in [-0.1, -0.05) is 23.5 Å². The summed E-state index contributed by atoms with van der Waals surface area (Å²) in [5.41, 5.74) is 2.77. The van der Waals surface area contributed by atoms with E-state index in [1.807, 2.05) is 18.2 Å². The average Bonchev–Trinajstić information content (AvgIpc) is 3.47. The number of hydrogen-bond donors (Lipinski definition) is 2. The summed E-state index contributed by atoms with van der Waals surface area (Å²) < 4.78 is 1.10. The molecular formula is C25H24N4O3S3. The first-order valence-electron chi connectivity index (χ1n) is 11.1. The second-order valence-corrected chi connectivity index (χ2v) is 12.8. The number of amides is 1. The molecule has 1 aromatic carbocycles. The quantitative estimate of drug-likeness (QED) is 0.170. The molecule has 0 saturated carbocycles. The van der Waals surface area contributed by atoms with Gasteiger partial charge in [0.15, 0.2) is 0 Å². The zero-order valence-electron chi connectivity index (χ0n) is 19.7. The van der Waals surface area contributed by atoms with Gasteiger partial charge in [0.2, 0.25) is 5.91 Å². The van der Waals surface area contributed by atoms with E-state index in [1.54, 1.807) is 34.8 Å². The number of nitrogens with zero attached hydrogens (tertiary/aromatic N) is 2. The molecule has 5 rings (SSSR count). The number of rotatable bonds is 5. The van der Waals surface area contributed by atoms with E-state index in [0.717, 1.165) is 43.5 Å². The first kappa shape index (κ1) is 23.8. The monoisotopic (exact) mass is 524 g/mol. The van der Waals surface area contributed by atoms with E-state index in [2.05, 4.69) is 44.4 Å². The summed E-state index contributed by atoms with van der Waals surface area (Å²) in [6.07, 6.45) is 3.84. The number of carbonyl (C=O) groups is 1. The minimum absolute atomic E-state index is 0.0476. The van der Waals surface area contributed by atoms with Crippen molar-refractivity contribution in [2.75, 3.05) is 5.32 Å². The van der Waals surface area contributed by atoms with E-state index >= 15 is 0 Å². The fourth-order valence-electron chi connectivity index (χ4n) is 4.66. The van der Waals surface area contributed by atoms with Crippen LogP contribution >= 0.6 is 34.0 Å². The maximum atomic E-state index is 12.9. The van der Waals surface area contributed by atoms with Gasteiger partial charge in [0.1, 0.15) is 10.0 Å². The number of thiazole rings is 1. The predicted molar refractivity (Wildman–Crippen MR) is 146 cm³/mol. The highest BCUT2D eigenvalue weighted by Crippen LogP contribution is 2.50. The Bertz CT molecular complexity index is 1460. The van der Waals surface area contributed by atoms with Crippen molar-refractivity contribution in [3.8, 4) is 10.6 Å². The summed E-state index contributed by atoms with van der Waals surface area (Å²) in [6, 6.07) is 11.1. The van der Waals surface area contributed by atoms with Crippen LogP contribution in [0, 0.1) is 10.1 Å². The van der Waals surface area contributed by atoms with Crippen LogP contribution in [0.4, 0.5) is 10.0 Å². The molecule has 180 valence electrons. The van der Waals surface area contributed by atoms with Crippen molar-refractivity contribution in [3.63, 3.8) is 0 Å². The fourth-order valence-corrected chi connectivity index (χ4v) is 7.78. The van der Waals surface area contributed by atoms with Crippen molar-refractivity contribution in [2.24, 2.45) is 0 Å². The molecule has 1 aliphatic heterocycles. The minimum Gasteiger partial charge on any atom is -0.313 e. The SMILES string of the molecule is CC1(C)Cc2c(sc(NC(=O)/C=C/c3ccc([N+](=O)[O-])s3)c2-c2nc3ccccc3s2)C(C)(C)N1. The highest BCUT2D eigenvalue weighted by Gasteiger charge is 2.41. The molecule has 7 nitrogen and oxygen atoms in total. The van der Waals surface area contributed by atoms with Crippen LogP contribution in [0.15, 0.2) is 42.5 Å². The van der Waals surface area contributed by atoms with Crippen molar-refractivity contribution < 1.29 is 9.72 Å². The molecule has 1 amide bonds. The highest BCUT2D eigenvalue weighted by molar-refractivity contribution is 7.23. The molecule has 4 aromatic rings. The third-order valence-electron chi connectivity index (χ3n) is 5.78. The lowest BCUT2D eigenvalue weighted by atomic mass is 9.81. The molecule has 0 spiro atoms. The number of nitro groups is 1. The Morgan fingerprint density at radius 2 is 1.91 bits per heavy atom. The average molecular weight is 525 g/mol. The second-order valence-electron chi connectivity index (χ2n) is 9.67. The topological polar surface area (TPSA) is 97.2 Å². The molecule has 0 saturated heterocycles. The Morgan fingerprint density at radius 3 is 2.63 bits per heavy atom. The van der Waals surface area contributed by atoms with Crippen LogP contribution in [-0.4, -0.2) is 21.4 Å². The molecule has 3 aromatic heterocycles. The number of benzene rings is 1. The molecule has 10 heteroatoms. The van der Waals surface area contributed by atoms with Crippen LogP contribution in [0.5, 0.6) is 0 Å². The summed E-state index contributed by atoms with van der Waals surface area (Å²) >= 11 is 4.25. The van der Waals surface area contributed by atoms with Gasteiger partial charge in [-0.15, -0.1) is 22.7 Å². The number of thiophene rings is 2. The summed E-state index contributed by atoms with van der Waals surface area (Å²) in [6.45, 7) is 8.72. The summed E-state index contributed by atoms with van der Waals surface area (Å²) in [4.78, 5) is 30.2. The number of anilines is 1. The van der Waals surface area contributed by atoms with Crippen molar-refractivity contribution in [2.45, 2.75) is 45.2 Å². The van der Waals surface area contributed by atoms with Crippen molar-refractivity contribution >= 4 is 66.2 Å². The highest BCUT2D eigenvalue weighted by atomic mass is 32.1. The van der Waals surface area contributed by atoms with Gasteiger partial charge in [0.25, 0.3) is 0 Å². The van der Waals surface area contributed by atoms with Crippen LogP contribution < -0.4 is 10.6 Å². The number of aromatic nitrogens is 1. The van der Waals surface area contributed by atoms with E-state index < -0.39 is 4.92 Å². The molecule has 35 heavy (non-hydrogen) atoms. The van der Waals surface area contributed by atoms with Gasteiger partial charge in [-0.25, -0.2) is 4.98 Å². The van der Waals surface area contributed by atoms with Gasteiger partial charge in [0.05, 0.1) is 15.1 Å². The number of nitrogens with one attached hydrogen (secondary N) is 2. The minimum atomic E-state index is -0.431. The maximum absolute atomic E-state index is 12.9. The molecular weight excluding hydrogens is 501 g/mol. The number of hydrogen-bond acceptors (Lipinski definition) is 8. The molecule has 0 unspecified atom stereocenters. The lowest BCUT2D eigenvalue weighted by Gasteiger charge is -2.42. The van der Waals surface area contributed by atoms with Crippen LogP contribution in [0.25, 0.3) is 26.9 Å². The number of fused-ring (bicyclic) bond motifs is 2. The molecule has 0 bridgehead atoms. The molecule has 1 aliphatic rings. The van der Waals surface area contributed by atoms with Gasteiger partial charge in [-0.3, -0.25) is 14.9 Å². The van der Waals surface area contributed by atoms with Crippen LogP contribution in [0.3, 0.4) is 0 Å². The van der Waals surface area contributed by atoms with Crippen LogP contribution in [0.2, 0.25) is 0 Å². The van der Waals surface area contributed by atoms with Gasteiger partial charge in [-0.2, -0.15) is 0 Å². The molecule has 4 heterocycles. The van der Waals surface area contributed by atoms with Gasteiger partial charge < -0.3 is 10.6 Å². The zero-order chi connectivity index (χ0) is 25.0. The number of carbonyl (C=O) groups excluding carboxylic acids is 1. The van der Waals surface area contributed by atoms with E-state index in [-0.39, 0.29) is 22.0 Å². The third-order valence-corrected chi connectivity index (χ3v) is 9.31. The van der Waals surface area contributed by atoms with Crippen LogP contribution in [-0.2, 0) is 16.8 Å². The molecule has 0 radical (unpaired) electrons. The summed E-state index contributed by atoms with van der Waals surface area (Å²) in [5.74, 6) is -0.285. The molecule has 0 atom stereocenters. The predicted octanol–water partition coefficient (Wildman–Crippen LogP) is 6.81. The summed E-state index contributed by atoms with van der Waals surface area (Å²) in [7, 11) is 0. The smallest absolute Gasteiger partial charge is 0.313 e. The Labute approximate surface area is 214 Å². The number of para-hydroxylation sites is 1. The Kier molecular flexibility index (Phi) is 5.87. The first-order chi connectivity index (χ1) is 16.5. The molecule has 0 fully saturated rings. The Balaban J connectivity index is 1.55. The van der Waals surface area contributed by atoms with E-state index in [1.165, 1.54) is 22.6 Å². The molecule has 2 N–H and O–H groups in total. The Morgan fingerprint density at radius 1 is 1.14 bits per heavy atom. The zero-order valence-corrected chi connectivity index (χ0v) is 22.1. The third kappa shape index (κ3) is 4.66. The van der Waals surface area contributed by atoms with Gasteiger partial charge in [-0.05, 0) is 64.0 Å². The van der Waals surface area contributed by atoms with Gasteiger partial charge >= 0.3 is 5.00 Å². The fraction of sp³-hybridized carbons (Fsp3) is 0.280. The molecule has 0 aliphatic carbocycles. The van der Waals surface area contributed by atoms with Crippen molar-refractivity contribution in [1.82, 2.24) is 10.3 Å². The van der Waals surface area contributed by atoms with Crippen LogP contribution in [0.1, 0.15) is 43.0 Å².